The van der Waals surface area contributed by atoms with E-state index in [1.807, 2.05) is 0 Å². The maximum absolute atomic E-state index is 13.0. The minimum Gasteiger partial charge on any atom is -0.504 e. The monoisotopic (exact) mass is 429 g/mol. The van der Waals surface area contributed by atoms with Crippen LogP contribution in [0.25, 0.3) is 0 Å². The number of phenols is 2. The smallest absolute Gasteiger partial charge is 0.263 e. The minimum absolute atomic E-state index is 0.0109. The van der Waals surface area contributed by atoms with Crippen molar-refractivity contribution in [2.45, 2.75) is 50.0 Å². The molecule has 2 aliphatic heterocycles. The van der Waals surface area contributed by atoms with Gasteiger partial charge in [0.15, 0.2) is 17.1 Å². The molecule has 3 rings (SSSR count). The van der Waals surface area contributed by atoms with E-state index in [1.165, 1.54) is 14.2 Å². The summed E-state index contributed by atoms with van der Waals surface area (Å²) in [6, 6.07) is -1.93. The van der Waals surface area contributed by atoms with E-state index < -0.39 is 53.0 Å². The summed E-state index contributed by atoms with van der Waals surface area (Å²) in [5, 5.41) is 75.5. The summed E-state index contributed by atoms with van der Waals surface area (Å²) < 4.78 is 10.1. The van der Waals surface area contributed by atoms with Crippen LogP contribution in [0, 0.1) is 5.92 Å². The van der Waals surface area contributed by atoms with Crippen LogP contribution >= 0.6 is 0 Å². The van der Waals surface area contributed by atoms with Gasteiger partial charge in [-0.3, -0.25) is 4.79 Å². The van der Waals surface area contributed by atoms with E-state index in [1.54, 1.807) is 13.8 Å². The van der Waals surface area contributed by atoms with Gasteiger partial charge in [-0.2, -0.15) is 0 Å². The molecule has 2 heterocycles. The number of ether oxygens (including phenoxy) is 2. The number of aliphatic hydroxyl groups is 5. The van der Waals surface area contributed by atoms with E-state index in [0.717, 1.165) is 0 Å². The number of methoxy groups -OCH3 is 2. The Morgan fingerprint density at radius 3 is 2.07 bits per heavy atom. The Morgan fingerprint density at radius 2 is 1.57 bits per heavy atom. The zero-order valence-corrected chi connectivity index (χ0v) is 17.1. The van der Waals surface area contributed by atoms with Gasteiger partial charge >= 0.3 is 0 Å². The molecule has 0 bridgehead atoms. The lowest BCUT2D eigenvalue weighted by atomic mass is 9.70. The molecule has 168 valence electrons. The van der Waals surface area contributed by atoms with Crippen molar-refractivity contribution in [3.8, 4) is 23.0 Å². The summed E-state index contributed by atoms with van der Waals surface area (Å²) in [6.07, 6.45) is -0.572. The highest BCUT2D eigenvalue weighted by molar-refractivity contribution is 5.96. The van der Waals surface area contributed by atoms with Gasteiger partial charge in [0.25, 0.3) is 5.91 Å². The summed E-state index contributed by atoms with van der Waals surface area (Å²) in [6.45, 7) is 2.91. The van der Waals surface area contributed by atoms with Gasteiger partial charge < -0.3 is 45.2 Å². The second-order valence-electron chi connectivity index (χ2n) is 8.15. The van der Waals surface area contributed by atoms with Gasteiger partial charge in [-0.1, -0.05) is 13.8 Å². The number of ketones is 1. The van der Waals surface area contributed by atoms with Gasteiger partial charge in [0.1, 0.15) is 6.04 Å². The van der Waals surface area contributed by atoms with Crippen molar-refractivity contribution in [2.75, 3.05) is 20.8 Å². The van der Waals surface area contributed by atoms with Crippen LogP contribution in [0.3, 0.4) is 0 Å². The van der Waals surface area contributed by atoms with Crippen LogP contribution in [0.15, 0.2) is 0 Å². The molecule has 7 N–H and O–H groups in total. The van der Waals surface area contributed by atoms with Crippen molar-refractivity contribution in [1.82, 2.24) is 4.90 Å². The summed E-state index contributed by atoms with van der Waals surface area (Å²) >= 11 is 0. The predicted octanol–water partition coefficient (Wildman–Crippen LogP) is -1.31. The molecule has 1 fully saturated rings. The van der Waals surface area contributed by atoms with E-state index in [9.17, 15) is 40.5 Å². The maximum Gasteiger partial charge on any atom is 0.263 e. The third kappa shape index (κ3) is 2.70. The van der Waals surface area contributed by atoms with E-state index in [0.29, 0.717) is 4.90 Å². The van der Waals surface area contributed by atoms with Gasteiger partial charge in [-0.05, 0) is 18.8 Å². The lowest BCUT2D eigenvalue weighted by molar-refractivity contribution is -0.394. The van der Waals surface area contributed by atoms with E-state index in [-0.39, 0.29) is 35.6 Å². The highest BCUT2D eigenvalue weighted by Gasteiger charge is 2.72. The first-order valence-electron chi connectivity index (χ1n) is 9.39. The van der Waals surface area contributed by atoms with Crippen LogP contribution in [-0.4, -0.2) is 84.5 Å². The van der Waals surface area contributed by atoms with Gasteiger partial charge in [-0.25, -0.2) is 4.90 Å². The fourth-order valence-corrected chi connectivity index (χ4v) is 4.58. The molecule has 0 amide bonds. The van der Waals surface area contributed by atoms with Crippen LogP contribution in [0.2, 0.25) is 0 Å². The van der Waals surface area contributed by atoms with Crippen molar-refractivity contribution in [1.29, 1.82) is 0 Å². The molecule has 1 aromatic rings. The second-order valence-corrected chi connectivity index (χ2v) is 8.15. The summed E-state index contributed by atoms with van der Waals surface area (Å²) in [5.41, 5.74) is -3.27. The lowest BCUT2D eigenvalue weighted by Crippen LogP contribution is -2.80. The van der Waals surface area contributed by atoms with Crippen molar-refractivity contribution in [3.05, 3.63) is 11.1 Å². The molecular weight excluding hydrogens is 402 g/mol. The van der Waals surface area contributed by atoms with Gasteiger partial charge in [0.05, 0.1) is 14.2 Å². The molecule has 0 saturated carbocycles. The van der Waals surface area contributed by atoms with Crippen molar-refractivity contribution in [3.63, 3.8) is 0 Å². The molecule has 0 aliphatic carbocycles. The van der Waals surface area contributed by atoms with Crippen LogP contribution in [0.1, 0.15) is 37.4 Å². The molecule has 2 atom stereocenters. The fourth-order valence-electron chi connectivity index (χ4n) is 4.58. The maximum atomic E-state index is 13.0. The number of piperidine rings is 1. The number of benzene rings is 1. The van der Waals surface area contributed by atoms with Crippen LogP contribution in [0.4, 0.5) is 0 Å². The molecule has 2 aliphatic rings. The largest absolute Gasteiger partial charge is 0.504 e. The number of fused-ring (bicyclic) bond motifs is 3. The van der Waals surface area contributed by atoms with Gasteiger partial charge in [0, 0.05) is 17.7 Å². The van der Waals surface area contributed by atoms with E-state index in [2.05, 4.69) is 0 Å². The Morgan fingerprint density at radius 1 is 1.03 bits per heavy atom. The fraction of sp³-hybridized carbons (Fsp3) is 0.632. The average molecular weight is 429 g/mol. The molecule has 2 unspecified atom stereocenters. The predicted molar refractivity (Wildman–Crippen MR) is 99.8 cm³/mol. The number of Topliss-reactive ketones (excluding diaryl/α,β-unsaturated/α-hetero) is 1. The molecule has 0 radical (unpaired) electrons. The molecule has 1 aromatic carbocycles. The van der Waals surface area contributed by atoms with Crippen LogP contribution < -0.4 is 9.47 Å². The number of phenolic OH excluding ortho intramolecular Hbond substituents is 2. The molecule has 0 aromatic heterocycles. The Bertz CT molecular complexity index is 881. The summed E-state index contributed by atoms with van der Waals surface area (Å²) in [4.78, 5) is 13.7. The zero-order chi connectivity index (χ0) is 22.8. The molecule has 30 heavy (non-hydrogen) atoms. The third-order valence-corrected chi connectivity index (χ3v) is 5.85. The quantitative estimate of drug-likeness (QED) is 0.223. The zero-order valence-electron chi connectivity index (χ0n) is 17.1. The molecular formula is C19H27NO10. The Labute approximate surface area is 172 Å². The molecule has 0 spiro atoms. The van der Waals surface area contributed by atoms with Crippen molar-refractivity contribution < 1.29 is 50.0 Å². The average Bonchev–Trinajstić information content (AvgIpc) is 2.66. The van der Waals surface area contributed by atoms with Gasteiger partial charge in [-0.15, -0.1) is 0 Å². The molecule has 11 nitrogen and oxygen atoms in total. The minimum atomic E-state index is -3.34. The normalized spacial score (nSPS) is 27.5. The number of aromatic hydroxyl groups is 2. The number of nitrogens with zero attached hydrogens (tertiary/aromatic N) is 1. The number of rotatable bonds is 4. The van der Waals surface area contributed by atoms with Crippen molar-refractivity contribution >= 4 is 5.78 Å². The molecule has 1 saturated heterocycles. The summed E-state index contributed by atoms with van der Waals surface area (Å²) in [5.74, 6) is -10.3. The summed E-state index contributed by atoms with van der Waals surface area (Å²) in [7, 11) is 2.40. The standard InChI is InChI=1S/C19H27NO10/c1-8(2)7-17(24)16(23)18(25,26)15-10-9(5-6-20(15)19(17,27)28)11(21)13(29-3)14(30-4)12(10)22/h8,15,21-22,24-28H,5-7H2,1-4H3. The van der Waals surface area contributed by atoms with E-state index >= 15 is 0 Å². The van der Waals surface area contributed by atoms with Crippen molar-refractivity contribution in [2.24, 2.45) is 5.92 Å². The second kappa shape index (κ2) is 6.94. The Kier molecular flexibility index (Phi) is 5.21. The lowest BCUT2D eigenvalue weighted by Gasteiger charge is -2.57. The highest BCUT2D eigenvalue weighted by Crippen LogP contribution is 2.58. The first-order chi connectivity index (χ1) is 13.8. The first-order valence-corrected chi connectivity index (χ1v) is 9.39. The SMILES string of the molecule is COc1c(O)c2c(c(O)c1OC)C1N(CC2)C(O)(O)C(O)(CC(C)C)C(=O)C1(O)O. The third-order valence-electron chi connectivity index (χ3n) is 5.85. The number of carbonyl (C=O) groups excluding carboxylic acids is 1. The molecule has 11 heteroatoms. The number of hydrogen-bond donors (Lipinski definition) is 7. The highest BCUT2D eigenvalue weighted by atomic mass is 16.6. The first kappa shape index (κ1) is 22.5. The Hall–Kier alpha value is -2.15. The number of carbonyl (C=O) groups is 1. The van der Waals surface area contributed by atoms with Crippen LogP contribution in [0.5, 0.6) is 23.0 Å². The van der Waals surface area contributed by atoms with Crippen LogP contribution in [-0.2, 0) is 11.2 Å². The van der Waals surface area contributed by atoms with E-state index in [4.69, 9.17) is 9.47 Å². The Balaban J connectivity index is 2.31. The number of hydrogen-bond acceptors (Lipinski definition) is 11. The van der Waals surface area contributed by atoms with Gasteiger partial charge in [0.2, 0.25) is 23.1 Å². The topological polar surface area (TPSA) is 180 Å².